The average Bonchev–Trinajstić information content (AvgIpc) is 2.75. The van der Waals surface area contributed by atoms with Crippen molar-refractivity contribution in [1.29, 1.82) is 10.5 Å². The van der Waals surface area contributed by atoms with E-state index in [1.807, 2.05) is 12.1 Å². The maximum atomic E-state index is 12.5. The lowest BCUT2D eigenvalue weighted by Gasteiger charge is -2.11. The molecule has 0 aliphatic heterocycles. The summed E-state index contributed by atoms with van der Waals surface area (Å²) < 4.78 is 38.2. The number of hydrogen-bond acceptors (Lipinski definition) is 6. The fraction of sp³-hybridized carbons (Fsp3) is 0.0476. The highest BCUT2D eigenvalue weighted by Crippen LogP contribution is 2.30. The molecule has 7 nitrogen and oxygen atoms in total. The monoisotopic (exact) mass is 405 g/mol. The molecule has 0 heterocycles. The van der Waals surface area contributed by atoms with Gasteiger partial charge in [-0.3, -0.25) is 4.72 Å². The number of para-hydroxylation sites is 1. The Morgan fingerprint density at radius 2 is 1.38 bits per heavy atom. The average molecular weight is 405 g/mol. The number of hydrogen-bond donors (Lipinski definition) is 1. The molecule has 3 rings (SSSR count). The van der Waals surface area contributed by atoms with Crippen LogP contribution in [-0.2, 0) is 10.0 Å². The summed E-state index contributed by atoms with van der Waals surface area (Å²) in [6.45, 7) is 0. The van der Waals surface area contributed by atoms with Crippen molar-refractivity contribution in [3.8, 4) is 29.4 Å². The molecular formula is C21H15N3O4S. The van der Waals surface area contributed by atoms with Crippen LogP contribution in [0.4, 0.5) is 5.69 Å². The first kappa shape index (κ1) is 19.7. The van der Waals surface area contributed by atoms with Crippen LogP contribution in [0.3, 0.4) is 0 Å². The van der Waals surface area contributed by atoms with Gasteiger partial charge < -0.3 is 9.47 Å². The van der Waals surface area contributed by atoms with E-state index >= 15 is 0 Å². The molecule has 3 aromatic rings. The number of nitriles is 2. The molecule has 144 valence electrons. The molecule has 29 heavy (non-hydrogen) atoms. The zero-order valence-corrected chi connectivity index (χ0v) is 16.1. The lowest BCUT2D eigenvalue weighted by molar-refractivity contribution is 0.414. The van der Waals surface area contributed by atoms with Crippen LogP contribution in [0.5, 0.6) is 17.2 Å². The summed E-state index contributed by atoms with van der Waals surface area (Å²) in [5.41, 5.74) is 0.795. The molecule has 0 saturated carbocycles. The lowest BCUT2D eigenvalue weighted by atomic mass is 10.1. The van der Waals surface area contributed by atoms with Gasteiger partial charge in [0, 0.05) is 5.69 Å². The molecule has 0 aliphatic rings. The maximum Gasteiger partial charge on any atom is 0.261 e. The Hall–Kier alpha value is -4.01. The summed E-state index contributed by atoms with van der Waals surface area (Å²) in [5.74, 6) is 1.07. The Balaban J connectivity index is 1.79. The fourth-order valence-electron chi connectivity index (χ4n) is 2.50. The predicted molar refractivity (Wildman–Crippen MR) is 106 cm³/mol. The summed E-state index contributed by atoms with van der Waals surface area (Å²) in [6, 6.07) is 20.8. The number of sulfonamides is 1. The number of nitrogens with zero attached hydrogens (tertiary/aromatic N) is 2. The van der Waals surface area contributed by atoms with Crippen LogP contribution in [-0.4, -0.2) is 15.5 Å². The van der Waals surface area contributed by atoms with Gasteiger partial charge in [-0.15, -0.1) is 0 Å². The van der Waals surface area contributed by atoms with E-state index < -0.39 is 10.0 Å². The normalized spacial score (nSPS) is 10.4. The topological polar surface area (TPSA) is 112 Å². The molecular weight excluding hydrogens is 390 g/mol. The second kappa shape index (κ2) is 8.34. The van der Waals surface area contributed by atoms with Gasteiger partial charge in [-0.25, -0.2) is 8.42 Å². The highest BCUT2D eigenvalue weighted by Gasteiger charge is 2.15. The SMILES string of the molecule is COc1ccc(S(=O)(=O)Nc2ccc(Oc3c(C#N)cccc3C#N)cc2)cc1. The fourth-order valence-corrected chi connectivity index (χ4v) is 3.56. The predicted octanol–water partition coefficient (Wildman–Crippen LogP) is 4.03. The van der Waals surface area contributed by atoms with Crippen molar-refractivity contribution in [3.63, 3.8) is 0 Å². The zero-order chi connectivity index (χ0) is 20.9. The molecule has 3 aromatic carbocycles. The molecule has 0 bridgehead atoms. The zero-order valence-electron chi connectivity index (χ0n) is 15.3. The number of nitrogens with one attached hydrogen (secondary N) is 1. The Bertz CT molecular complexity index is 1170. The third-order valence-corrected chi connectivity index (χ3v) is 5.35. The molecule has 0 spiro atoms. The van der Waals surface area contributed by atoms with Crippen LogP contribution >= 0.6 is 0 Å². The molecule has 0 aromatic heterocycles. The smallest absolute Gasteiger partial charge is 0.261 e. The highest BCUT2D eigenvalue weighted by molar-refractivity contribution is 7.92. The van der Waals surface area contributed by atoms with E-state index in [-0.39, 0.29) is 21.8 Å². The van der Waals surface area contributed by atoms with E-state index in [9.17, 15) is 18.9 Å². The number of rotatable bonds is 6. The van der Waals surface area contributed by atoms with Gasteiger partial charge in [0.05, 0.1) is 23.1 Å². The summed E-state index contributed by atoms with van der Waals surface area (Å²) in [4.78, 5) is 0.0974. The van der Waals surface area contributed by atoms with Crippen molar-refractivity contribution in [2.45, 2.75) is 4.90 Å². The van der Waals surface area contributed by atoms with Crippen LogP contribution in [0.1, 0.15) is 11.1 Å². The first-order valence-electron chi connectivity index (χ1n) is 8.35. The van der Waals surface area contributed by atoms with E-state index in [2.05, 4.69) is 4.72 Å². The molecule has 0 saturated heterocycles. The summed E-state index contributed by atoms with van der Waals surface area (Å²) >= 11 is 0. The number of anilines is 1. The van der Waals surface area contributed by atoms with E-state index in [0.717, 1.165) is 0 Å². The van der Waals surface area contributed by atoms with Gasteiger partial charge in [0.15, 0.2) is 5.75 Å². The van der Waals surface area contributed by atoms with E-state index in [4.69, 9.17) is 9.47 Å². The Morgan fingerprint density at radius 3 is 1.90 bits per heavy atom. The van der Waals surface area contributed by atoms with Gasteiger partial charge >= 0.3 is 0 Å². The summed E-state index contributed by atoms with van der Waals surface area (Å²) in [6.07, 6.45) is 0. The third-order valence-electron chi connectivity index (χ3n) is 3.95. The second-order valence-electron chi connectivity index (χ2n) is 5.81. The van der Waals surface area contributed by atoms with Gasteiger partial charge in [0.2, 0.25) is 0 Å². The lowest BCUT2D eigenvalue weighted by Crippen LogP contribution is -2.12. The van der Waals surface area contributed by atoms with Gasteiger partial charge in [-0.1, -0.05) is 6.07 Å². The van der Waals surface area contributed by atoms with E-state index in [0.29, 0.717) is 17.2 Å². The van der Waals surface area contributed by atoms with Crippen molar-refractivity contribution in [1.82, 2.24) is 0 Å². The largest absolute Gasteiger partial charge is 0.497 e. The Kier molecular flexibility index (Phi) is 5.68. The van der Waals surface area contributed by atoms with Gasteiger partial charge in [0.25, 0.3) is 10.0 Å². The van der Waals surface area contributed by atoms with Crippen molar-refractivity contribution in [2.24, 2.45) is 0 Å². The van der Waals surface area contributed by atoms with Crippen molar-refractivity contribution < 1.29 is 17.9 Å². The van der Waals surface area contributed by atoms with Crippen LogP contribution in [0, 0.1) is 22.7 Å². The second-order valence-corrected chi connectivity index (χ2v) is 7.50. The summed E-state index contributed by atoms with van der Waals surface area (Å²) in [7, 11) is -2.26. The summed E-state index contributed by atoms with van der Waals surface area (Å²) in [5, 5.41) is 18.4. The number of methoxy groups -OCH3 is 1. The number of benzene rings is 3. The minimum atomic E-state index is -3.76. The highest BCUT2D eigenvalue weighted by atomic mass is 32.2. The first-order valence-corrected chi connectivity index (χ1v) is 9.83. The Labute approximate surface area is 168 Å². The minimum Gasteiger partial charge on any atom is -0.497 e. The molecule has 0 aliphatic carbocycles. The quantitative estimate of drug-likeness (QED) is 0.662. The molecule has 1 N–H and O–H groups in total. The standard InChI is InChI=1S/C21H15N3O4S/c1-27-18-9-11-20(12-10-18)29(25,26)24-17-5-7-19(8-6-17)28-21-15(13-22)3-2-4-16(21)14-23/h2-12,24H,1H3. The van der Waals surface area contributed by atoms with Crippen LogP contribution in [0.2, 0.25) is 0 Å². The molecule has 0 radical (unpaired) electrons. The van der Waals surface area contributed by atoms with Gasteiger partial charge in [0.1, 0.15) is 23.6 Å². The van der Waals surface area contributed by atoms with Gasteiger partial charge in [-0.2, -0.15) is 10.5 Å². The molecule has 0 amide bonds. The molecule has 0 atom stereocenters. The van der Waals surface area contributed by atoms with Crippen LogP contribution in [0.25, 0.3) is 0 Å². The maximum absolute atomic E-state index is 12.5. The van der Waals surface area contributed by atoms with Crippen molar-refractivity contribution in [3.05, 3.63) is 77.9 Å². The van der Waals surface area contributed by atoms with Crippen molar-refractivity contribution >= 4 is 15.7 Å². The van der Waals surface area contributed by atoms with E-state index in [1.165, 1.54) is 31.4 Å². The third kappa shape index (κ3) is 4.46. The van der Waals surface area contributed by atoms with E-state index in [1.54, 1.807) is 42.5 Å². The van der Waals surface area contributed by atoms with Crippen LogP contribution in [0.15, 0.2) is 71.6 Å². The molecule has 0 fully saturated rings. The number of ether oxygens (including phenoxy) is 2. The van der Waals surface area contributed by atoms with Crippen molar-refractivity contribution in [2.75, 3.05) is 11.8 Å². The first-order chi connectivity index (χ1) is 14.0. The molecule has 0 unspecified atom stereocenters. The molecule has 8 heteroatoms. The van der Waals surface area contributed by atoms with Crippen LogP contribution < -0.4 is 14.2 Å². The van der Waals surface area contributed by atoms with Gasteiger partial charge in [-0.05, 0) is 60.7 Å². The Morgan fingerprint density at radius 1 is 0.828 bits per heavy atom. The minimum absolute atomic E-state index is 0.0974.